The zero-order valence-electron chi connectivity index (χ0n) is 14.6. The van der Waals surface area contributed by atoms with Crippen LogP contribution in [0.4, 0.5) is 0 Å². The summed E-state index contributed by atoms with van der Waals surface area (Å²) in [5.74, 6) is -0.490. The molecule has 0 bridgehead atoms. The fraction of sp³-hybridized carbons (Fsp3) is 0.412. The smallest absolute Gasteiger partial charge is 0.252 e. The summed E-state index contributed by atoms with van der Waals surface area (Å²) in [6, 6.07) is 6.71. The van der Waals surface area contributed by atoms with Crippen LogP contribution in [-0.4, -0.2) is 44.2 Å². The van der Waals surface area contributed by atoms with Crippen molar-refractivity contribution in [2.75, 3.05) is 19.6 Å². The van der Waals surface area contributed by atoms with Gasteiger partial charge in [-0.15, -0.1) is 11.3 Å². The van der Waals surface area contributed by atoms with Crippen LogP contribution in [0.1, 0.15) is 18.6 Å². The molecule has 3 rings (SSSR count). The van der Waals surface area contributed by atoms with E-state index in [0.29, 0.717) is 25.1 Å². The van der Waals surface area contributed by atoms with Crippen molar-refractivity contribution in [1.29, 1.82) is 0 Å². The number of rotatable bonds is 7. The number of carbonyl (C=O) groups excluding carboxylic acids is 2. The van der Waals surface area contributed by atoms with Gasteiger partial charge in [-0.2, -0.15) is 4.31 Å². The van der Waals surface area contributed by atoms with Gasteiger partial charge in [0.25, 0.3) is 10.0 Å². The van der Waals surface area contributed by atoms with Gasteiger partial charge < -0.3 is 15.1 Å². The molecule has 0 radical (unpaired) electrons. The highest BCUT2D eigenvalue weighted by Crippen LogP contribution is 2.26. The molecule has 3 heterocycles. The molecule has 1 aliphatic heterocycles. The number of sulfonamides is 1. The number of nitrogens with zero attached hydrogens (tertiary/aromatic N) is 1. The Morgan fingerprint density at radius 3 is 2.81 bits per heavy atom. The number of thiophene rings is 1. The Morgan fingerprint density at radius 1 is 1.26 bits per heavy atom. The van der Waals surface area contributed by atoms with Crippen LogP contribution in [0.25, 0.3) is 0 Å². The lowest BCUT2D eigenvalue weighted by Crippen LogP contribution is -2.47. The molecule has 2 amide bonds. The summed E-state index contributed by atoms with van der Waals surface area (Å²) >= 11 is 1.16. The van der Waals surface area contributed by atoms with E-state index in [-0.39, 0.29) is 35.7 Å². The SMILES string of the molecule is O=C(CNC(=O)[C@H]1CCCN(S(=O)(=O)c2cccs2)C1)NCc1ccco1. The Bertz CT molecular complexity index is 863. The van der Waals surface area contributed by atoms with Gasteiger partial charge in [0.05, 0.1) is 25.3 Å². The van der Waals surface area contributed by atoms with Gasteiger partial charge in [-0.05, 0) is 36.4 Å². The number of hydrogen-bond donors (Lipinski definition) is 2. The van der Waals surface area contributed by atoms with Gasteiger partial charge in [0.1, 0.15) is 9.97 Å². The quantitative estimate of drug-likeness (QED) is 0.711. The summed E-state index contributed by atoms with van der Waals surface area (Å²) in [5, 5.41) is 6.94. The van der Waals surface area contributed by atoms with Gasteiger partial charge >= 0.3 is 0 Å². The van der Waals surface area contributed by atoms with Crippen molar-refractivity contribution in [3.05, 3.63) is 41.7 Å². The van der Waals surface area contributed by atoms with E-state index in [9.17, 15) is 18.0 Å². The van der Waals surface area contributed by atoms with Crippen LogP contribution in [0.3, 0.4) is 0 Å². The molecule has 0 unspecified atom stereocenters. The van der Waals surface area contributed by atoms with Crippen LogP contribution < -0.4 is 10.6 Å². The standard InChI is InChI=1S/C17H21N3O5S2/c21-15(18-10-14-5-2-8-25-14)11-19-17(22)13-4-1-7-20(12-13)27(23,24)16-6-3-9-26-16/h2-3,5-6,8-9,13H,1,4,7,10-12H2,(H,18,21)(H,19,22)/t13-/m0/s1. The average Bonchev–Trinajstić information content (AvgIpc) is 3.38. The van der Waals surface area contributed by atoms with Crippen molar-refractivity contribution < 1.29 is 22.4 Å². The first kappa shape index (κ1) is 19.6. The molecule has 10 heteroatoms. The van der Waals surface area contributed by atoms with E-state index in [0.717, 1.165) is 11.3 Å². The predicted molar refractivity (Wildman–Crippen MR) is 99.4 cm³/mol. The molecule has 8 nitrogen and oxygen atoms in total. The first-order chi connectivity index (χ1) is 13.0. The Balaban J connectivity index is 1.49. The van der Waals surface area contributed by atoms with Crippen LogP contribution >= 0.6 is 11.3 Å². The molecular formula is C17H21N3O5S2. The highest BCUT2D eigenvalue weighted by molar-refractivity contribution is 7.91. The second-order valence-corrected chi connectivity index (χ2v) is 9.32. The number of furan rings is 1. The second kappa shape index (κ2) is 8.68. The molecule has 0 spiro atoms. The predicted octanol–water partition coefficient (Wildman–Crippen LogP) is 1.17. The van der Waals surface area contributed by atoms with Crippen LogP contribution in [0.2, 0.25) is 0 Å². The van der Waals surface area contributed by atoms with Gasteiger partial charge in [-0.1, -0.05) is 6.07 Å². The first-order valence-corrected chi connectivity index (χ1v) is 10.9. The molecule has 0 aromatic carbocycles. The Morgan fingerprint density at radius 2 is 2.11 bits per heavy atom. The highest BCUT2D eigenvalue weighted by atomic mass is 32.2. The van der Waals surface area contributed by atoms with Crippen molar-refractivity contribution in [2.24, 2.45) is 5.92 Å². The maximum Gasteiger partial charge on any atom is 0.252 e. The minimum Gasteiger partial charge on any atom is -0.467 e. The third-order valence-corrected chi connectivity index (χ3v) is 7.55. The number of amides is 2. The molecule has 146 valence electrons. The van der Waals surface area contributed by atoms with E-state index < -0.39 is 15.9 Å². The van der Waals surface area contributed by atoms with Crippen molar-refractivity contribution in [3.8, 4) is 0 Å². The molecule has 2 aromatic heterocycles. The van der Waals surface area contributed by atoms with Crippen LogP contribution in [0.5, 0.6) is 0 Å². The highest BCUT2D eigenvalue weighted by Gasteiger charge is 2.33. The summed E-state index contributed by atoms with van der Waals surface area (Å²) < 4.78 is 32.0. The van der Waals surface area contributed by atoms with Crippen molar-refractivity contribution >= 4 is 33.2 Å². The van der Waals surface area contributed by atoms with Gasteiger partial charge in [0.2, 0.25) is 11.8 Å². The lowest BCUT2D eigenvalue weighted by Gasteiger charge is -2.30. The lowest BCUT2D eigenvalue weighted by atomic mass is 9.99. The Labute approximate surface area is 161 Å². The van der Waals surface area contributed by atoms with Gasteiger partial charge in [0.15, 0.2) is 0 Å². The minimum absolute atomic E-state index is 0.125. The fourth-order valence-corrected chi connectivity index (χ4v) is 5.55. The molecule has 2 N–H and O–H groups in total. The first-order valence-electron chi connectivity index (χ1n) is 8.57. The average molecular weight is 412 g/mol. The van der Waals surface area contributed by atoms with E-state index in [1.807, 2.05) is 0 Å². The molecule has 1 aliphatic rings. The molecule has 1 saturated heterocycles. The third kappa shape index (κ3) is 4.96. The van der Waals surface area contributed by atoms with Gasteiger partial charge in [0, 0.05) is 13.1 Å². The van der Waals surface area contributed by atoms with Crippen molar-refractivity contribution in [2.45, 2.75) is 23.6 Å². The van der Waals surface area contributed by atoms with Crippen LogP contribution in [-0.2, 0) is 26.2 Å². The summed E-state index contributed by atoms with van der Waals surface area (Å²) in [5.41, 5.74) is 0. The molecule has 2 aromatic rings. The van der Waals surface area contributed by atoms with Gasteiger partial charge in [-0.3, -0.25) is 9.59 Å². The number of carbonyl (C=O) groups is 2. The van der Waals surface area contributed by atoms with Crippen molar-refractivity contribution in [3.63, 3.8) is 0 Å². The summed E-state index contributed by atoms with van der Waals surface area (Å²) in [4.78, 5) is 24.2. The maximum absolute atomic E-state index is 12.6. The van der Waals surface area contributed by atoms with E-state index in [1.54, 1.807) is 29.6 Å². The summed E-state index contributed by atoms with van der Waals surface area (Å²) in [6.07, 6.45) is 2.71. The van der Waals surface area contributed by atoms with E-state index in [1.165, 1.54) is 10.6 Å². The zero-order chi connectivity index (χ0) is 19.3. The van der Waals surface area contributed by atoms with Crippen LogP contribution in [0.15, 0.2) is 44.5 Å². The molecule has 1 atom stereocenters. The zero-order valence-corrected chi connectivity index (χ0v) is 16.2. The topological polar surface area (TPSA) is 109 Å². The lowest BCUT2D eigenvalue weighted by molar-refractivity contribution is -0.129. The number of nitrogens with one attached hydrogen (secondary N) is 2. The van der Waals surface area contributed by atoms with Crippen molar-refractivity contribution in [1.82, 2.24) is 14.9 Å². The Kier molecular flexibility index (Phi) is 6.30. The third-order valence-electron chi connectivity index (χ3n) is 4.31. The number of hydrogen-bond acceptors (Lipinski definition) is 6. The van der Waals surface area contributed by atoms with E-state index >= 15 is 0 Å². The summed E-state index contributed by atoms with van der Waals surface area (Å²) in [7, 11) is -3.57. The van der Waals surface area contributed by atoms with E-state index in [2.05, 4.69) is 10.6 Å². The molecule has 27 heavy (non-hydrogen) atoms. The summed E-state index contributed by atoms with van der Waals surface area (Å²) in [6.45, 7) is 0.611. The van der Waals surface area contributed by atoms with E-state index in [4.69, 9.17) is 4.42 Å². The largest absolute Gasteiger partial charge is 0.467 e. The monoisotopic (exact) mass is 411 g/mol. The number of piperidine rings is 1. The molecule has 0 aliphatic carbocycles. The minimum atomic E-state index is -3.57. The maximum atomic E-state index is 12.6. The van der Waals surface area contributed by atoms with Crippen LogP contribution in [0, 0.1) is 5.92 Å². The fourth-order valence-electron chi connectivity index (χ4n) is 2.89. The van der Waals surface area contributed by atoms with Gasteiger partial charge in [-0.25, -0.2) is 8.42 Å². The normalized spacial score (nSPS) is 18.1. The molecular weight excluding hydrogens is 390 g/mol. The molecule has 0 saturated carbocycles. The second-order valence-electron chi connectivity index (χ2n) is 6.21. The Hall–Kier alpha value is -2.17. The molecule has 1 fully saturated rings.